The first-order valence-corrected chi connectivity index (χ1v) is 9.89. The molecule has 1 saturated heterocycles. The highest BCUT2D eigenvalue weighted by Gasteiger charge is 2.26. The zero-order valence-corrected chi connectivity index (χ0v) is 19.0. The van der Waals surface area contributed by atoms with Gasteiger partial charge in [-0.25, -0.2) is 4.39 Å². The van der Waals surface area contributed by atoms with Crippen LogP contribution in [0.25, 0.3) is 0 Å². The minimum absolute atomic E-state index is 0. The van der Waals surface area contributed by atoms with Gasteiger partial charge in [0.1, 0.15) is 5.82 Å². The Labute approximate surface area is 189 Å². The molecule has 29 heavy (non-hydrogen) atoms. The Hall–Kier alpha value is -1.71. The van der Waals surface area contributed by atoms with E-state index in [1.54, 1.807) is 12.1 Å². The molecule has 0 aromatic heterocycles. The SMILES string of the molecule is CN=C(NCC(c1cccc(F)c1)N1CCOCC1)N1CCc2ccccc21.I. The predicted molar refractivity (Wildman–Crippen MR) is 126 cm³/mol. The van der Waals surface area contributed by atoms with Crippen LogP contribution in [0.15, 0.2) is 53.5 Å². The van der Waals surface area contributed by atoms with Gasteiger partial charge in [0.2, 0.25) is 0 Å². The molecule has 0 bridgehead atoms. The van der Waals surface area contributed by atoms with Gasteiger partial charge in [-0.2, -0.15) is 0 Å². The second kappa shape index (κ2) is 10.4. The van der Waals surface area contributed by atoms with Crippen molar-refractivity contribution in [1.29, 1.82) is 0 Å². The third-order valence-electron chi connectivity index (χ3n) is 5.53. The molecule has 0 spiro atoms. The van der Waals surface area contributed by atoms with Gasteiger partial charge in [0.15, 0.2) is 5.96 Å². The van der Waals surface area contributed by atoms with Crippen molar-refractivity contribution in [2.24, 2.45) is 4.99 Å². The van der Waals surface area contributed by atoms with Crippen molar-refractivity contribution >= 4 is 35.6 Å². The molecule has 7 heteroatoms. The summed E-state index contributed by atoms with van der Waals surface area (Å²) in [5.74, 6) is 0.660. The number of nitrogens with zero attached hydrogens (tertiary/aromatic N) is 3. The summed E-state index contributed by atoms with van der Waals surface area (Å²) in [7, 11) is 1.81. The van der Waals surface area contributed by atoms with Crippen molar-refractivity contribution in [2.75, 3.05) is 51.3 Å². The minimum Gasteiger partial charge on any atom is -0.379 e. The molecule has 0 radical (unpaired) electrons. The molecule has 0 amide bonds. The third-order valence-corrected chi connectivity index (χ3v) is 5.53. The number of anilines is 1. The first kappa shape index (κ1) is 22.0. The number of hydrogen-bond acceptors (Lipinski definition) is 3. The Morgan fingerprint density at radius 3 is 2.69 bits per heavy atom. The number of rotatable bonds is 4. The zero-order valence-electron chi connectivity index (χ0n) is 16.7. The molecule has 0 saturated carbocycles. The smallest absolute Gasteiger partial charge is 0.198 e. The number of guanidine groups is 1. The molecule has 1 fully saturated rings. The van der Waals surface area contributed by atoms with Gasteiger partial charge in [0, 0.05) is 38.9 Å². The largest absolute Gasteiger partial charge is 0.379 e. The lowest BCUT2D eigenvalue weighted by molar-refractivity contribution is 0.0169. The van der Waals surface area contributed by atoms with Gasteiger partial charge in [-0.15, -0.1) is 24.0 Å². The number of hydrogen-bond donors (Lipinski definition) is 1. The molecule has 2 aliphatic heterocycles. The van der Waals surface area contributed by atoms with E-state index >= 15 is 0 Å². The van der Waals surface area contributed by atoms with E-state index in [0.29, 0.717) is 19.8 Å². The summed E-state index contributed by atoms with van der Waals surface area (Å²) < 4.78 is 19.4. The summed E-state index contributed by atoms with van der Waals surface area (Å²) >= 11 is 0. The number of aliphatic imine (C=N–C) groups is 1. The van der Waals surface area contributed by atoms with Crippen LogP contribution in [0.4, 0.5) is 10.1 Å². The maximum atomic E-state index is 13.9. The Morgan fingerprint density at radius 1 is 1.14 bits per heavy atom. The van der Waals surface area contributed by atoms with Gasteiger partial charge in [0.05, 0.1) is 19.3 Å². The monoisotopic (exact) mass is 510 g/mol. The van der Waals surface area contributed by atoms with Gasteiger partial charge in [-0.05, 0) is 35.7 Å². The van der Waals surface area contributed by atoms with E-state index in [4.69, 9.17) is 4.74 Å². The first-order valence-electron chi connectivity index (χ1n) is 9.89. The molecule has 5 nitrogen and oxygen atoms in total. The number of benzene rings is 2. The van der Waals surface area contributed by atoms with Crippen LogP contribution in [0, 0.1) is 5.82 Å². The van der Waals surface area contributed by atoms with Gasteiger partial charge < -0.3 is 15.0 Å². The molecule has 2 aromatic rings. The lowest BCUT2D eigenvalue weighted by Gasteiger charge is -2.35. The number of morpholine rings is 1. The van der Waals surface area contributed by atoms with Crippen LogP contribution in [-0.4, -0.2) is 57.3 Å². The van der Waals surface area contributed by atoms with Crippen LogP contribution < -0.4 is 10.2 Å². The molecule has 2 aliphatic rings. The maximum Gasteiger partial charge on any atom is 0.198 e. The molecule has 1 N–H and O–H groups in total. The van der Waals surface area contributed by atoms with E-state index in [0.717, 1.165) is 37.6 Å². The Morgan fingerprint density at radius 2 is 1.93 bits per heavy atom. The molecule has 1 atom stereocenters. The quantitative estimate of drug-likeness (QED) is 0.389. The lowest BCUT2D eigenvalue weighted by Crippen LogP contribution is -2.47. The van der Waals surface area contributed by atoms with Crippen LogP contribution in [0.1, 0.15) is 17.2 Å². The number of halogens is 2. The van der Waals surface area contributed by atoms with Gasteiger partial charge in [0.25, 0.3) is 0 Å². The molecular weight excluding hydrogens is 482 g/mol. The second-order valence-electron chi connectivity index (χ2n) is 7.18. The molecule has 156 valence electrons. The fourth-order valence-corrected chi connectivity index (χ4v) is 4.10. The van der Waals surface area contributed by atoms with Crippen LogP contribution in [-0.2, 0) is 11.2 Å². The highest BCUT2D eigenvalue weighted by Crippen LogP contribution is 2.28. The number of para-hydroxylation sites is 1. The predicted octanol–water partition coefficient (Wildman–Crippen LogP) is 3.46. The van der Waals surface area contributed by atoms with Gasteiger partial charge >= 0.3 is 0 Å². The number of fused-ring (bicyclic) bond motifs is 1. The molecule has 4 rings (SSSR count). The van der Waals surface area contributed by atoms with E-state index in [9.17, 15) is 4.39 Å². The van der Waals surface area contributed by atoms with E-state index < -0.39 is 0 Å². The first-order chi connectivity index (χ1) is 13.8. The van der Waals surface area contributed by atoms with E-state index in [-0.39, 0.29) is 35.8 Å². The van der Waals surface area contributed by atoms with E-state index in [1.807, 2.05) is 13.1 Å². The summed E-state index contributed by atoms with van der Waals surface area (Å²) in [6.07, 6.45) is 1.02. The number of nitrogens with one attached hydrogen (secondary N) is 1. The average molecular weight is 510 g/mol. The lowest BCUT2D eigenvalue weighted by atomic mass is 10.0. The number of ether oxygens (including phenoxy) is 1. The second-order valence-corrected chi connectivity index (χ2v) is 7.18. The minimum atomic E-state index is -0.200. The van der Waals surface area contributed by atoms with Crippen LogP contribution in [0.5, 0.6) is 0 Å². The highest BCUT2D eigenvalue weighted by atomic mass is 127. The maximum absolute atomic E-state index is 13.9. The fourth-order valence-electron chi connectivity index (χ4n) is 4.10. The summed E-state index contributed by atoms with van der Waals surface area (Å²) in [4.78, 5) is 9.10. The molecule has 0 aliphatic carbocycles. The van der Waals surface area contributed by atoms with Gasteiger partial charge in [-0.1, -0.05) is 30.3 Å². The Kier molecular flexibility index (Phi) is 7.85. The molecule has 2 heterocycles. The van der Waals surface area contributed by atoms with Gasteiger partial charge in [-0.3, -0.25) is 9.89 Å². The standard InChI is InChI=1S/C22H27FN4O.HI/c1-24-22(27-10-9-17-5-2-3-8-20(17)27)25-16-21(26-11-13-28-14-12-26)18-6-4-7-19(23)15-18;/h2-8,15,21H,9-14,16H2,1H3,(H,24,25);1H. The van der Waals surface area contributed by atoms with E-state index in [1.165, 1.54) is 17.3 Å². The highest BCUT2D eigenvalue weighted by molar-refractivity contribution is 14.0. The molecule has 1 unspecified atom stereocenters. The van der Waals surface area contributed by atoms with Crippen molar-refractivity contribution < 1.29 is 9.13 Å². The summed E-state index contributed by atoms with van der Waals surface area (Å²) in [6, 6.07) is 15.4. The Balaban J connectivity index is 0.00000240. The summed E-state index contributed by atoms with van der Waals surface area (Å²) in [6.45, 7) is 4.68. The topological polar surface area (TPSA) is 40.1 Å². The summed E-state index contributed by atoms with van der Waals surface area (Å²) in [5.41, 5.74) is 3.54. The van der Waals surface area contributed by atoms with Crippen molar-refractivity contribution in [1.82, 2.24) is 10.2 Å². The van der Waals surface area contributed by atoms with Crippen LogP contribution >= 0.6 is 24.0 Å². The summed E-state index contributed by atoms with van der Waals surface area (Å²) in [5, 5.41) is 3.54. The van der Waals surface area contributed by atoms with Crippen molar-refractivity contribution in [2.45, 2.75) is 12.5 Å². The molecule has 2 aromatic carbocycles. The van der Waals surface area contributed by atoms with Crippen molar-refractivity contribution in [3.8, 4) is 0 Å². The van der Waals surface area contributed by atoms with Crippen LogP contribution in [0.3, 0.4) is 0 Å². The normalized spacial score (nSPS) is 18.1. The zero-order chi connectivity index (χ0) is 19.3. The van der Waals surface area contributed by atoms with Crippen molar-refractivity contribution in [3.63, 3.8) is 0 Å². The third kappa shape index (κ3) is 5.07. The van der Waals surface area contributed by atoms with E-state index in [2.05, 4.69) is 44.4 Å². The van der Waals surface area contributed by atoms with Crippen molar-refractivity contribution in [3.05, 3.63) is 65.5 Å². The Bertz CT molecular complexity index is 841. The average Bonchev–Trinajstić information content (AvgIpc) is 3.16. The fraction of sp³-hybridized carbons (Fsp3) is 0.409. The van der Waals surface area contributed by atoms with Crippen LogP contribution in [0.2, 0.25) is 0 Å². The molecular formula is C22H28FIN4O.